The molecular weight excluding hydrogens is 124 g/mol. The highest BCUT2D eigenvalue weighted by molar-refractivity contribution is 4.97. The fraction of sp³-hybridized carbons (Fsp3) is 1.00. The SMILES string of the molecule is C[C@@H](N)CN1CC2CC2C1. The highest BCUT2D eigenvalue weighted by atomic mass is 15.2. The van der Waals surface area contributed by atoms with Gasteiger partial charge in [0.05, 0.1) is 0 Å². The van der Waals surface area contributed by atoms with Crippen LogP contribution in [0.3, 0.4) is 0 Å². The summed E-state index contributed by atoms with van der Waals surface area (Å²) in [6.45, 7) is 5.84. The summed E-state index contributed by atoms with van der Waals surface area (Å²) in [6.07, 6.45) is 1.50. The van der Waals surface area contributed by atoms with Crippen LogP contribution in [-0.2, 0) is 0 Å². The van der Waals surface area contributed by atoms with Gasteiger partial charge in [0.2, 0.25) is 0 Å². The molecule has 2 N–H and O–H groups in total. The topological polar surface area (TPSA) is 29.3 Å². The third-order valence-corrected chi connectivity index (χ3v) is 2.60. The van der Waals surface area contributed by atoms with Crippen molar-refractivity contribution in [2.24, 2.45) is 17.6 Å². The minimum atomic E-state index is 0.359. The van der Waals surface area contributed by atoms with Gasteiger partial charge in [-0.25, -0.2) is 0 Å². The lowest BCUT2D eigenvalue weighted by molar-refractivity contribution is 0.290. The quantitative estimate of drug-likeness (QED) is 0.597. The monoisotopic (exact) mass is 140 g/mol. The maximum atomic E-state index is 5.69. The van der Waals surface area contributed by atoms with Gasteiger partial charge in [0.1, 0.15) is 0 Å². The van der Waals surface area contributed by atoms with Crippen LogP contribution in [-0.4, -0.2) is 30.6 Å². The fourth-order valence-electron chi connectivity index (χ4n) is 2.05. The number of nitrogens with two attached hydrogens (primary N) is 1. The molecule has 58 valence electrons. The Balaban J connectivity index is 1.76. The minimum absolute atomic E-state index is 0.359. The zero-order valence-corrected chi connectivity index (χ0v) is 6.59. The number of hydrogen-bond acceptors (Lipinski definition) is 2. The van der Waals surface area contributed by atoms with E-state index in [1.165, 1.54) is 19.5 Å². The first-order valence-corrected chi connectivity index (χ1v) is 4.23. The summed E-state index contributed by atoms with van der Waals surface area (Å²) in [5.41, 5.74) is 5.69. The molecular formula is C8H16N2. The first kappa shape index (κ1) is 6.62. The first-order chi connectivity index (χ1) is 4.75. The molecule has 0 amide bonds. The van der Waals surface area contributed by atoms with E-state index in [9.17, 15) is 0 Å². The Morgan fingerprint density at radius 1 is 1.50 bits per heavy atom. The maximum absolute atomic E-state index is 5.69. The predicted octanol–water partition coefficient (Wildman–Crippen LogP) is 0.285. The minimum Gasteiger partial charge on any atom is -0.327 e. The van der Waals surface area contributed by atoms with Gasteiger partial charge < -0.3 is 10.6 Å². The van der Waals surface area contributed by atoms with Gasteiger partial charge >= 0.3 is 0 Å². The molecule has 0 aromatic carbocycles. The number of piperidine rings is 1. The van der Waals surface area contributed by atoms with Crippen molar-refractivity contribution in [2.45, 2.75) is 19.4 Å². The largest absolute Gasteiger partial charge is 0.327 e. The number of nitrogens with zero attached hydrogens (tertiary/aromatic N) is 1. The van der Waals surface area contributed by atoms with Crippen molar-refractivity contribution in [3.8, 4) is 0 Å². The van der Waals surface area contributed by atoms with E-state index in [2.05, 4.69) is 11.8 Å². The number of rotatable bonds is 2. The Kier molecular flexibility index (Phi) is 1.46. The molecule has 0 aromatic rings. The van der Waals surface area contributed by atoms with Gasteiger partial charge in [0.25, 0.3) is 0 Å². The highest BCUT2D eigenvalue weighted by Gasteiger charge is 2.44. The van der Waals surface area contributed by atoms with Crippen LogP contribution in [0.1, 0.15) is 13.3 Å². The van der Waals surface area contributed by atoms with Gasteiger partial charge in [-0.1, -0.05) is 0 Å². The highest BCUT2D eigenvalue weighted by Crippen LogP contribution is 2.44. The third kappa shape index (κ3) is 1.18. The van der Waals surface area contributed by atoms with Crippen molar-refractivity contribution in [3.63, 3.8) is 0 Å². The van der Waals surface area contributed by atoms with Crippen molar-refractivity contribution in [1.82, 2.24) is 4.90 Å². The van der Waals surface area contributed by atoms with Gasteiger partial charge in [-0.2, -0.15) is 0 Å². The van der Waals surface area contributed by atoms with Crippen LogP contribution in [0.5, 0.6) is 0 Å². The van der Waals surface area contributed by atoms with E-state index < -0.39 is 0 Å². The third-order valence-electron chi connectivity index (χ3n) is 2.60. The fourth-order valence-corrected chi connectivity index (χ4v) is 2.05. The summed E-state index contributed by atoms with van der Waals surface area (Å²) in [5.74, 6) is 2.11. The second-order valence-corrected chi connectivity index (χ2v) is 3.95. The normalized spacial score (nSPS) is 41.4. The van der Waals surface area contributed by atoms with Crippen molar-refractivity contribution in [1.29, 1.82) is 0 Å². The standard InChI is InChI=1S/C8H16N2/c1-6(9)3-10-4-7-2-8(7)5-10/h6-8H,2-5,9H2,1H3/t6-,7?,8?/m1/s1. The Labute approximate surface area is 62.4 Å². The van der Waals surface area contributed by atoms with Crippen LogP contribution in [0.2, 0.25) is 0 Å². The second-order valence-electron chi connectivity index (χ2n) is 3.95. The Morgan fingerprint density at radius 2 is 2.10 bits per heavy atom. The van der Waals surface area contributed by atoms with Crippen LogP contribution < -0.4 is 5.73 Å². The van der Waals surface area contributed by atoms with Gasteiger partial charge in [-0.05, 0) is 25.2 Å². The van der Waals surface area contributed by atoms with E-state index in [-0.39, 0.29) is 0 Å². The van der Waals surface area contributed by atoms with Crippen molar-refractivity contribution in [3.05, 3.63) is 0 Å². The van der Waals surface area contributed by atoms with Gasteiger partial charge in [-0.15, -0.1) is 0 Å². The lowest BCUT2D eigenvalue weighted by Crippen LogP contribution is -2.35. The summed E-state index contributed by atoms with van der Waals surface area (Å²) >= 11 is 0. The average molecular weight is 140 g/mol. The summed E-state index contributed by atoms with van der Waals surface area (Å²) in [5, 5.41) is 0. The Bertz CT molecular complexity index is 123. The molecule has 0 bridgehead atoms. The van der Waals surface area contributed by atoms with Crippen molar-refractivity contribution in [2.75, 3.05) is 19.6 Å². The molecule has 1 aliphatic heterocycles. The van der Waals surface area contributed by atoms with E-state index in [0.29, 0.717) is 6.04 Å². The molecule has 2 rings (SSSR count). The molecule has 2 aliphatic rings. The van der Waals surface area contributed by atoms with Crippen LogP contribution in [0, 0.1) is 11.8 Å². The second kappa shape index (κ2) is 2.21. The molecule has 1 heterocycles. The van der Waals surface area contributed by atoms with Crippen molar-refractivity contribution < 1.29 is 0 Å². The van der Waals surface area contributed by atoms with E-state index in [4.69, 9.17) is 5.73 Å². The number of fused-ring (bicyclic) bond motifs is 1. The molecule has 0 spiro atoms. The molecule has 1 saturated heterocycles. The molecule has 2 unspecified atom stereocenters. The molecule has 1 saturated carbocycles. The summed E-state index contributed by atoms with van der Waals surface area (Å²) in [7, 11) is 0. The summed E-state index contributed by atoms with van der Waals surface area (Å²) in [6, 6.07) is 0.359. The van der Waals surface area contributed by atoms with E-state index in [1.54, 1.807) is 0 Å². The first-order valence-electron chi connectivity index (χ1n) is 4.23. The summed E-state index contributed by atoms with van der Waals surface area (Å²) < 4.78 is 0. The van der Waals surface area contributed by atoms with E-state index in [1.807, 2.05) is 0 Å². The maximum Gasteiger partial charge on any atom is 0.0139 e. The molecule has 2 nitrogen and oxygen atoms in total. The average Bonchev–Trinajstić information content (AvgIpc) is 2.39. The van der Waals surface area contributed by atoms with Crippen LogP contribution >= 0.6 is 0 Å². The molecule has 2 fully saturated rings. The zero-order chi connectivity index (χ0) is 7.14. The summed E-state index contributed by atoms with van der Waals surface area (Å²) in [4.78, 5) is 2.50. The van der Waals surface area contributed by atoms with Crippen LogP contribution in [0.15, 0.2) is 0 Å². The molecule has 2 heteroatoms. The van der Waals surface area contributed by atoms with Crippen LogP contribution in [0.25, 0.3) is 0 Å². The van der Waals surface area contributed by atoms with E-state index in [0.717, 1.165) is 18.4 Å². The zero-order valence-electron chi connectivity index (χ0n) is 6.59. The molecule has 10 heavy (non-hydrogen) atoms. The Hall–Kier alpha value is -0.0800. The molecule has 0 radical (unpaired) electrons. The lowest BCUT2D eigenvalue weighted by Gasteiger charge is -2.18. The van der Waals surface area contributed by atoms with E-state index >= 15 is 0 Å². The number of likely N-dealkylation sites (tertiary alicyclic amines) is 1. The smallest absolute Gasteiger partial charge is 0.0139 e. The van der Waals surface area contributed by atoms with Gasteiger partial charge in [0, 0.05) is 25.7 Å². The predicted molar refractivity (Wildman–Crippen MR) is 41.7 cm³/mol. The molecule has 0 aromatic heterocycles. The van der Waals surface area contributed by atoms with Gasteiger partial charge in [0.15, 0.2) is 0 Å². The Morgan fingerprint density at radius 3 is 2.60 bits per heavy atom. The van der Waals surface area contributed by atoms with Gasteiger partial charge in [-0.3, -0.25) is 0 Å². The molecule has 3 atom stereocenters. The lowest BCUT2D eigenvalue weighted by atomic mass is 10.3. The molecule has 1 aliphatic carbocycles. The van der Waals surface area contributed by atoms with Crippen molar-refractivity contribution >= 4 is 0 Å². The van der Waals surface area contributed by atoms with Crippen LogP contribution in [0.4, 0.5) is 0 Å². The number of hydrogen-bond donors (Lipinski definition) is 1.